The van der Waals surface area contributed by atoms with Crippen molar-refractivity contribution in [3.63, 3.8) is 0 Å². The maximum atomic E-state index is 15.2. The van der Waals surface area contributed by atoms with Gasteiger partial charge in [-0.25, -0.2) is 0 Å². The highest BCUT2D eigenvalue weighted by molar-refractivity contribution is 6.08. The van der Waals surface area contributed by atoms with E-state index in [1.807, 2.05) is 128 Å². The van der Waals surface area contributed by atoms with Crippen molar-refractivity contribution in [2.45, 2.75) is 122 Å². The van der Waals surface area contributed by atoms with Crippen LogP contribution < -0.4 is 20.4 Å². The molecule has 0 saturated heterocycles. The van der Waals surface area contributed by atoms with Crippen molar-refractivity contribution in [3.05, 3.63) is 166 Å². The number of carbonyl (C=O) groups excluding carboxylic acids is 6. The van der Waals surface area contributed by atoms with Crippen molar-refractivity contribution >= 4 is 46.7 Å². The van der Waals surface area contributed by atoms with Gasteiger partial charge in [0.15, 0.2) is 0 Å². The third-order valence-electron chi connectivity index (χ3n) is 15.7. The highest BCUT2D eigenvalue weighted by Crippen LogP contribution is 2.42. The van der Waals surface area contributed by atoms with E-state index in [1.165, 1.54) is 0 Å². The largest absolute Gasteiger partial charge is 0.344 e. The lowest BCUT2D eigenvalue weighted by molar-refractivity contribution is -0.136. The molecule has 4 aliphatic rings. The summed E-state index contributed by atoms with van der Waals surface area (Å²) < 4.78 is 0. The van der Waals surface area contributed by atoms with E-state index < -0.39 is 24.0 Å². The second-order valence-corrected chi connectivity index (χ2v) is 20.3. The predicted octanol–water partition coefficient (Wildman–Crippen LogP) is 7.35. The first kappa shape index (κ1) is 50.0. The average Bonchev–Trinajstić information content (AvgIpc) is 3.93. The summed E-state index contributed by atoms with van der Waals surface area (Å²) in [5.41, 5.74) is 9.61. The number of para-hydroxylation sites is 2. The van der Waals surface area contributed by atoms with E-state index in [0.717, 1.165) is 55.9 Å². The van der Waals surface area contributed by atoms with Gasteiger partial charge in [-0.2, -0.15) is 0 Å². The highest BCUT2D eigenvalue weighted by Gasteiger charge is 2.47. The number of carbonyl (C=O) groups is 6. The molecule has 12 heteroatoms. The number of anilines is 2. The topological polar surface area (TPSA) is 139 Å². The van der Waals surface area contributed by atoms with Crippen molar-refractivity contribution in [2.24, 2.45) is 11.8 Å². The minimum Gasteiger partial charge on any atom is -0.344 e. The van der Waals surface area contributed by atoms with Crippen molar-refractivity contribution in [1.29, 1.82) is 0 Å². The lowest BCUT2D eigenvalue weighted by atomic mass is 9.92. The molecule has 6 atom stereocenters. The number of likely N-dealkylation sites (N-methyl/N-ethyl adjacent to an activating group) is 1. The number of hydrogen-bond acceptors (Lipinski definition) is 7. The summed E-state index contributed by atoms with van der Waals surface area (Å²) in [5, 5.41) is 6.05. The SMILES string of the molecule is CC[C@@H](C)C(=O)N[C@H]1CCc2cccc3c2N(C1=O)[C@H](C(=O)N(CCc1ccccc1)Cc1ccc(CN(CCc2ccccc2)C(=O)[C@@H]2Cc4cccc5c4N2C(=O)[C@@H](CC(=O)[C@H](C)NC)CC5)cc1)C3. The second kappa shape index (κ2) is 22.2. The number of nitrogens with one attached hydrogen (secondary N) is 2. The smallest absolute Gasteiger partial charge is 0.250 e. The molecule has 5 aromatic rings. The molecule has 374 valence electrons. The third-order valence-corrected chi connectivity index (χ3v) is 15.7. The predicted molar refractivity (Wildman–Crippen MR) is 280 cm³/mol. The van der Waals surface area contributed by atoms with Crippen LogP contribution in [0.15, 0.2) is 121 Å². The van der Waals surface area contributed by atoms with Crippen molar-refractivity contribution in [2.75, 3.05) is 29.9 Å². The van der Waals surface area contributed by atoms with Crippen LogP contribution in [0.4, 0.5) is 11.4 Å². The molecule has 4 aliphatic heterocycles. The van der Waals surface area contributed by atoms with E-state index in [2.05, 4.69) is 34.9 Å². The number of rotatable bonds is 19. The first-order valence-corrected chi connectivity index (χ1v) is 26.0. The number of benzene rings is 5. The molecule has 0 bridgehead atoms. The van der Waals surface area contributed by atoms with Crippen LogP contribution in [0.5, 0.6) is 0 Å². The Balaban J connectivity index is 0.970. The molecule has 4 heterocycles. The van der Waals surface area contributed by atoms with Gasteiger partial charge in [0, 0.05) is 57.3 Å². The highest BCUT2D eigenvalue weighted by atomic mass is 16.2. The average molecular weight is 969 g/mol. The van der Waals surface area contributed by atoms with Crippen molar-refractivity contribution < 1.29 is 28.8 Å². The number of ketones is 1. The van der Waals surface area contributed by atoms with E-state index in [-0.39, 0.29) is 53.7 Å². The summed E-state index contributed by atoms with van der Waals surface area (Å²) in [6.07, 6.45) is 5.07. The van der Waals surface area contributed by atoms with E-state index >= 15 is 9.59 Å². The lowest BCUT2D eigenvalue weighted by Gasteiger charge is -2.33. The van der Waals surface area contributed by atoms with Crippen LogP contribution in [0.3, 0.4) is 0 Å². The van der Waals surface area contributed by atoms with Gasteiger partial charge in [-0.3, -0.25) is 38.6 Å². The van der Waals surface area contributed by atoms with E-state index in [9.17, 15) is 19.2 Å². The van der Waals surface area contributed by atoms with Gasteiger partial charge in [-0.15, -0.1) is 0 Å². The molecule has 9 rings (SSSR count). The summed E-state index contributed by atoms with van der Waals surface area (Å²) in [4.78, 5) is 93.1. The molecule has 0 unspecified atom stereocenters. The Kier molecular flexibility index (Phi) is 15.5. The van der Waals surface area contributed by atoms with Crippen LogP contribution in [0.25, 0.3) is 0 Å². The molecule has 12 nitrogen and oxygen atoms in total. The van der Waals surface area contributed by atoms with Gasteiger partial charge in [0.05, 0.1) is 17.4 Å². The monoisotopic (exact) mass is 969 g/mol. The first-order chi connectivity index (χ1) is 34.9. The molecule has 72 heavy (non-hydrogen) atoms. The van der Waals surface area contributed by atoms with Crippen molar-refractivity contribution in [3.8, 4) is 0 Å². The number of nitrogens with zero attached hydrogens (tertiary/aromatic N) is 4. The molecular weight excluding hydrogens is 901 g/mol. The van der Waals surface area contributed by atoms with Crippen LogP contribution in [0, 0.1) is 11.8 Å². The molecule has 0 fully saturated rings. The Hall–Kier alpha value is -6.92. The van der Waals surface area contributed by atoms with Crippen molar-refractivity contribution in [1.82, 2.24) is 20.4 Å². The van der Waals surface area contributed by atoms with Crippen LogP contribution in [-0.2, 0) is 80.4 Å². The van der Waals surface area contributed by atoms with Gasteiger partial charge < -0.3 is 20.4 Å². The first-order valence-electron chi connectivity index (χ1n) is 26.0. The number of hydrogen-bond donors (Lipinski definition) is 2. The summed E-state index contributed by atoms with van der Waals surface area (Å²) in [6, 6.07) is 37.7. The van der Waals surface area contributed by atoms with E-state index in [4.69, 9.17) is 0 Å². The van der Waals surface area contributed by atoms with E-state index in [0.29, 0.717) is 84.0 Å². The molecular formula is C60H68N6O6. The van der Waals surface area contributed by atoms with Gasteiger partial charge in [0.2, 0.25) is 29.5 Å². The number of Topliss-reactive ketones (excluding diaryl/α,β-unsaturated/α-hetero) is 1. The zero-order valence-corrected chi connectivity index (χ0v) is 42.1. The molecule has 5 aromatic carbocycles. The summed E-state index contributed by atoms with van der Waals surface area (Å²) in [7, 11) is 1.74. The fraction of sp³-hybridized carbons (Fsp3) is 0.400. The minimum atomic E-state index is -0.768. The Morgan fingerprint density at radius 2 is 1.07 bits per heavy atom. The maximum Gasteiger partial charge on any atom is 0.250 e. The van der Waals surface area contributed by atoms with E-state index in [1.54, 1.807) is 16.8 Å². The fourth-order valence-electron chi connectivity index (χ4n) is 11.1. The number of aryl methyl sites for hydroxylation is 2. The Labute approximate surface area is 424 Å². The Morgan fingerprint density at radius 1 is 0.597 bits per heavy atom. The summed E-state index contributed by atoms with van der Waals surface area (Å²) in [6.45, 7) is 7.09. The molecule has 0 aromatic heterocycles. The second-order valence-electron chi connectivity index (χ2n) is 20.3. The quantitative estimate of drug-likeness (QED) is 0.0883. The lowest BCUT2D eigenvalue weighted by Crippen LogP contribution is -2.55. The Bertz CT molecular complexity index is 2610. The molecule has 0 saturated carbocycles. The Morgan fingerprint density at radius 3 is 1.56 bits per heavy atom. The minimum absolute atomic E-state index is 0.0202. The maximum absolute atomic E-state index is 15.2. The van der Waals surface area contributed by atoms with Crippen LogP contribution >= 0.6 is 0 Å². The van der Waals surface area contributed by atoms with Gasteiger partial charge in [-0.05, 0) is 103 Å². The van der Waals surface area contributed by atoms with Crippen LogP contribution in [0.1, 0.15) is 91.0 Å². The normalized spacial score (nSPS) is 19.7. The van der Waals surface area contributed by atoms with Crippen LogP contribution in [0.2, 0.25) is 0 Å². The molecule has 5 amide bonds. The standard InChI is InChI=1S/C60H68N6O6/c1-5-39(2)56(68)62-50-29-28-46-19-13-21-48-35-52(66(55(46)48)58(50)70)60(72)64(33-31-42-16-10-7-11-17-42)38-44-24-22-43(23-25-44)37-63(32-30-41-14-8-6-9-15-41)59(71)51-34-47-20-12-18-45-26-27-49(36-53(67)40(3)61-4)57(69)65(51)54(45)47/h6-25,39-40,49-52,61H,5,26-38H2,1-4H3,(H,62,68)/t39-,40+,49-,50+,51+,52+/m1/s1. The zero-order valence-electron chi connectivity index (χ0n) is 42.1. The third kappa shape index (κ3) is 10.7. The molecule has 2 N–H and O–H groups in total. The van der Waals surface area contributed by atoms with Gasteiger partial charge in [0.1, 0.15) is 23.9 Å². The van der Waals surface area contributed by atoms with Gasteiger partial charge in [0.25, 0.3) is 0 Å². The van der Waals surface area contributed by atoms with Gasteiger partial charge in [-0.1, -0.05) is 135 Å². The molecule has 0 aliphatic carbocycles. The fourth-order valence-corrected chi connectivity index (χ4v) is 11.1. The zero-order chi connectivity index (χ0) is 50.5. The summed E-state index contributed by atoms with van der Waals surface area (Å²) in [5.74, 6) is -1.64. The summed E-state index contributed by atoms with van der Waals surface area (Å²) >= 11 is 0. The molecule has 0 spiro atoms. The number of amides is 5. The molecule has 0 radical (unpaired) electrons. The van der Waals surface area contributed by atoms with Gasteiger partial charge >= 0.3 is 0 Å². The van der Waals surface area contributed by atoms with Crippen LogP contribution in [-0.4, -0.2) is 89.4 Å².